The van der Waals surface area contributed by atoms with E-state index >= 15 is 0 Å². The lowest BCUT2D eigenvalue weighted by Gasteiger charge is -2.11. The lowest BCUT2D eigenvalue weighted by atomic mass is 10.1. The Kier molecular flexibility index (Phi) is 6.25. The third-order valence-electron chi connectivity index (χ3n) is 4.70. The average Bonchev–Trinajstić information content (AvgIpc) is 3.36. The first-order valence-corrected chi connectivity index (χ1v) is 10.8. The number of benzene rings is 2. The SMILES string of the molecule is COc1cccc(-c2csc(/C=C3\NC(=O)N(CC(=O)Nc4ccc(Cl)cc4)C3=O)c2)c1. The molecule has 1 aliphatic rings. The normalized spacial score (nSPS) is 14.6. The second-order valence-corrected chi connectivity index (χ2v) is 8.28. The molecule has 2 N–H and O–H groups in total. The number of carbonyl (C=O) groups is 3. The summed E-state index contributed by atoms with van der Waals surface area (Å²) in [4.78, 5) is 38.9. The van der Waals surface area contributed by atoms with Crippen molar-refractivity contribution in [3.8, 4) is 16.9 Å². The molecule has 0 bridgehead atoms. The van der Waals surface area contributed by atoms with Crippen LogP contribution in [0.15, 0.2) is 65.7 Å². The van der Waals surface area contributed by atoms with Gasteiger partial charge >= 0.3 is 6.03 Å². The van der Waals surface area contributed by atoms with Crippen LogP contribution >= 0.6 is 22.9 Å². The summed E-state index contributed by atoms with van der Waals surface area (Å²) in [5.74, 6) is -0.301. The maximum absolute atomic E-state index is 12.7. The first-order valence-electron chi connectivity index (χ1n) is 9.56. The Morgan fingerprint density at radius 3 is 2.69 bits per heavy atom. The van der Waals surface area contributed by atoms with Crippen LogP contribution in [0.2, 0.25) is 5.02 Å². The second-order valence-electron chi connectivity index (χ2n) is 6.90. The van der Waals surface area contributed by atoms with Gasteiger partial charge in [-0.25, -0.2) is 9.69 Å². The van der Waals surface area contributed by atoms with Gasteiger partial charge in [-0.05, 0) is 65.0 Å². The molecule has 2 heterocycles. The Morgan fingerprint density at radius 1 is 1.16 bits per heavy atom. The van der Waals surface area contributed by atoms with Crippen molar-refractivity contribution in [2.45, 2.75) is 0 Å². The molecule has 1 fully saturated rings. The molecule has 0 saturated carbocycles. The van der Waals surface area contributed by atoms with E-state index in [9.17, 15) is 14.4 Å². The van der Waals surface area contributed by atoms with E-state index in [0.717, 1.165) is 26.7 Å². The van der Waals surface area contributed by atoms with Gasteiger partial charge in [0.1, 0.15) is 18.0 Å². The summed E-state index contributed by atoms with van der Waals surface area (Å²) in [6.45, 7) is -0.399. The highest BCUT2D eigenvalue weighted by atomic mass is 35.5. The molecule has 4 amide bonds. The molecule has 0 unspecified atom stereocenters. The third-order valence-corrected chi connectivity index (χ3v) is 5.83. The van der Waals surface area contributed by atoms with E-state index in [2.05, 4.69) is 10.6 Å². The van der Waals surface area contributed by atoms with Gasteiger partial charge in [-0.15, -0.1) is 11.3 Å². The standard InChI is InChI=1S/C23H18ClN3O4S/c1-31-18-4-2-3-14(9-18)15-10-19(32-13-15)11-20-22(29)27(23(30)26-20)12-21(28)25-17-7-5-16(24)6-8-17/h2-11,13H,12H2,1H3,(H,25,28)(H,26,30)/b20-11-. The Labute approximate surface area is 193 Å². The fourth-order valence-corrected chi connectivity index (χ4v) is 4.09. The minimum Gasteiger partial charge on any atom is -0.497 e. The number of anilines is 1. The molecule has 0 radical (unpaired) electrons. The van der Waals surface area contributed by atoms with Gasteiger partial charge < -0.3 is 15.4 Å². The number of amides is 4. The number of nitrogens with zero attached hydrogens (tertiary/aromatic N) is 1. The molecule has 162 valence electrons. The van der Waals surface area contributed by atoms with E-state index in [1.807, 2.05) is 35.7 Å². The number of imide groups is 1. The number of rotatable bonds is 6. The van der Waals surface area contributed by atoms with E-state index in [1.165, 1.54) is 11.3 Å². The third kappa shape index (κ3) is 4.82. The van der Waals surface area contributed by atoms with E-state index < -0.39 is 24.4 Å². The zero-order chi connectivity index (χ0) is 22.7. The van der Waals surface area contributed by atoms with E-state index in [4.69, 9.17) is 16.3 Å². The Balaban J connectivity index is 1.44. The van der Waals surface area contributed by atoms with Crippen LogP contribution in [0.3, 0.4) is 0 Å². The number of hydrogen-bond donors (Lipinski definition) is 2. The fourth-order valence-electron chi connectivity index (χ4n) is 3.12. The largest absolute Gasteiger partial charge is 0.497 e. The fraction of sp³-hybridized carbons (Fsp3) is 0.0870. The quantitative estimate of drug-likeness (QED) is 0.409. The van der Waals surface area contributed by atoms with Crippen LogP contribution in [-0.2, 0) is 9.59 Å². The molecule has 0 aliphatic carbocycles. The van der Waals surface area contributed by atoms with Crippen LogP contribution in [0.25, 0.3) is 17.2 Å². The number of urea groups is 1. The van der Waals surface area contributed by atoms with Crippen LogP contribution < -0.4 is 15.4 Å². The van der Waals surface area contributed by atoms with Crippen LogP contribution in [-0.4, -0.2) is 36.4 Å². The van der Waals surface area contributed by atoms with E-state index in [-0.39, 0.29) is 5.70 Å². The van der Waals surface area contributed by atoms with Crippen molar-refractivity contribution < 1.29 is 19.1 Å². The van der Waals surface area contributed by atoms with Gasteiger partial charge in [0.15, 0.2) is 0 Å². The van der Waals surface area contributed by atoms with Gasteiger partial charge in [-0.1, -0.05) is 23.7 Å². The topological polar surface area (TPSA) is 87.7 Å². The van der Waals surface area contributed by atoms with Crippen LogP contribution in [0.4, 0.5) is 10.5 Å². The van der Waals surface area contributed by atoms with Crippen LogP contribution in [0, 0.1) is 0 Å². The summed E-state index contributed by atoms with van der Waals surface area (Å²) < 4.78 is 5.26. The second kappa shape index (κ2) is 9.25. The van der Waals surface area contributed by atoms with Gasteiger partial charge in [-0.2, -0.15) is 0 Å². The highest BCUT2D eigenvalue weighted by molar-refractivity contribution is 7.11. The summed E-state index contributed by atoms with van der Waals surface area (Å²) in [7, 11) is 1.61. The lowest BCUT2D eigenvalue weighted by Crippen LogP contribution is -2.38. The number of carbonyl (C=O) groups excluding carboxylic acids is 3. The zero-order valence-corrected chi connectivity index (χ0v) is 18.5. The molecular formula is C23H18ClN3O4S. The summed E-state index contributed by atoms with van der Waals surface area (Å²) >= 11 is 7.26. The lowest BCUT2D eigenvalue weighted by molar-refractivity contribution is -0.127. The van der Waals surface area contributed by atoms with Crippen molar-refractivity contribution in [3.63, 3.8) is 0 Å². The van der Waals surface area contributed by atoms with Crippen molar-refractivity contribution in [2.75, 3.05) is 19.0 Å². The molecular weight excluding hydrogens is 450 g/mol. The van der Waals surface area contributed by atoms with Gasteiger partial charge in [0.2, 0.25) is 5.91 Å². The average molecular weight is 468 g/mol. The number of ether oxygens (including phenoxy) is 1. The van der Waals surface area contributed by atoms with Crippen molar-refractivity contribution in [3.05, 3.63) is 75.6 Å². The molecule has 32 heavy (non-hydrogen) atoms. The van der Waals surface area contributed by atoms with Gasteiger partial charge in [0.25, 0.3) is 5.91 Å². The van der Waals surface area contributed by atoms with Gasteiger partial charge in [0.05, 0.1) is 7.11 Å². The predicted octanol–water partition coefficient (Wildman–Crippen LogP) is 4.61. The molecule has 1 saturated heterocycles. The molecule has 1 aromatic heterocycles. The van der Waals surface area contributed by atoms with Gasteiger partial charge in [0, 0.05) is 15.6 Å². The van der Waals surface area contributed by atoms with E-state index in [1.54, 1.807) is 37.5 Å². The number of halogens is 1. The highest BCUT2D eigenvalue weighted by Gasteiger charge is 2.35. The summed E-state index contributed by atoms with van der Waals surface area (Å²) in [5, 5.41) is 7.66. The number of hydrogen-bond acceptors (Lipinski definition) is 5. The maximum Gasteiger partial charge on any atom is 0.329 e. The monoisotopic (exact) mass is 467 g/mol. The zero-order valence-electron chi connectivity index (χ0n) is 16.9. The van der Waals surface area contributed by atoms with Gasteiger partial charge in [-0.3, -0.25) is 9.59 Å². The molecule has 7 nitrogen and oxygen atoms in total. The summed E-state index contributed by atoms with van der Waals surface area (Å²) in [6, 6.07) is 15.5. The summed E-state index contributed by atoms with van der Waals surface area (Å²) in [6.07, 6.45) is 1.60. The minimum atomic E-state index is -0.642. The number of nitrogens with one attached hydrogen (secondary N) is 2. The van der Waals surface area contributed by atoms with E-state index in [0.29, 0.717) is 10.7 Å². The number of methoxy groups -OCH3 is 1. The predicted molar refractivity (Wildman–Crippen MR) is 125 cm³/mol. The molecule has 3 aromatic rings. The Morgan fingerprint density at radius 2 is 1.94 bits per heavy atom. The minimum absolute atomic E-state index is 0.119. The molecule has 4 rings (SSSR count). The molecule has 0 atom stereocenters. The Bertz CT molecular complexity index is 1220. The maximum atomic E-state index is 12.7. The van der Waals surface area contributed by atoms with Crippen molar-refractivity contribution in [1.82, 2.24) is 10.2 Å². The molecule has 9 heteroatoms. The Hall–Kier alpha value is -3.62. The first kappa shape index (κ1) is 21.6. The highest BCUT2D eigenvalue weighted by Crippen LogP contribution is 2.29. The van der Waals surface area contributed by atoms with Crippen molar-refractivity contribution in [1.29, 1.82) is 0 Å². The summed E-state index contributed by atoms with van der Waals surface area (Å²) in [5.41, 5.74) is 2.59. The molecule has 0 spiro atoms. The van der Waals surface area contributed by atoms with Crippen molar-refractivity contribution in [2.24, 2.45) is 0 Å². The van der Waals surface area contributed by atoms with Crippen molar-refractivity contribution >= 4 is 52.5 Å². The first-order chi connectivity index (χ1) is 15.4. The molecule has 2 aromatic carbocycles. The smallest absolute Gasteiger partial charge is 0.329 e. The van der Waals surface area contributed by atoms with Crippen LogP contribution in [0.5, 0.6) is 5.75 Å². The molecule has 1 aliphatic heterocycles. The van der Waals surface area contributed by atoms with Crippen LogP contribution in [0.1, 0.15) is 4.88 Å². The number of thiophene rings is 1.